The van der Waals surface area contributed by atoms with Gasteiger partial charge in [0.2, 0.25) is 0 Å². The van der Waals surface area contributed by atoms with E-state index in [0.717, 1.165) is 36.8 Å². The number of H-pyrrole nitrogens is 2. The summed E-state index contributed by atoms with van der Waals surface area (Å²) >= 11 is 0. The molecule has 2 aromatic heterocycles. The molecule has 168 valence electrons. The van der Waals surface area contributed by atoms with Gasteiger partial charge in [0.15, 0.2) is 17.8 Å². The zero-order chi connectivity index (χ0) is 22.8. The van der Waals surface area contributed by atoms with E-state index in [1.807, 2.05) is 30.3 Å². The topological polar surface area (TPSA) is 130 Å². The first-order valence-electron chi connectivity index (χ1n) is 10.8. The van der Waals surface area contributed by atoms with Gasteiger partial charge in [0.1, 0.15) is 17.3 Å². The molecule has 9 heteroatoms. The Labute approximate surface area is 188 Å². The zero-order valence-corrected chi connectivity index (χ0v) is 17.7. The van der Waals surface area contributed by atoms with Crippen molar-refractivity contribution in [1.82, 2.24) is 19.9 Å². The highest BCUT2D eigenvalue weighted by Gasteiger charge is 2.20. The molecule has 0 radical (unpaired) electrons. The monoisotopic (exact) mass is 446 g/mol. The van der Waals surface area contributed by atoms with Crippen LogP contribution in [0.3, 0.4) is 0 Å². The fourth-order valence-corrected chi connectivity index (χ4v) is 4.06. The number of ether oxygens (including phenoxy) is 2. The van der Waals surface area contributed by atoms with Gasteiger partial charge in [-0.2, -0.15) is 0 Å². The predicted octanol–water partition coefficient (Wildman–Crippen LogP) is 3.77. The lowest BCUT2D eigenvalue weighted by Crippen LogP contribution is -2.13. The van der Waals surface area contributed by atoms with Gasteiger partial charge in [0, 0.05) is 0 Å². The zero-order valence-electron chi connectivity index (χ0n) is 17.7. The first-order valence-corrected chi connectivity index (χ1v) is 10.8. The molecule has 0 aliphatic heterocycles. The Morgan fingerprint density at radius 3 is 2.76 bits per heavy atom. The number of aromatic amines is 2. The molecule has 0 saturated heterocycles. The Kier molecular flexibility index (Phi) is 5.52. The molecule has 2 aromatic carbocycles. The third kappa shape index (κ3) is 4.43. The molecule has 33 heavy (non-hydrogen) atoms. The largest absolute Gasteiger partial charge is 0.490 e. The molecule has 3 N–H and O–H groups in total. The molecule has 2 heterocycles. The summed E-state index contributed by atoms with van der Waals surface area (Å²) < 4.78 is 11.7. The van der Waals surface area contributed by atoms with Crippen LogP contribution in [0.15, 0.2) is 53.6 Å². The van der Waals surface area contributed by atoms with Crippen molar-refractivity contribution in [3.05, 3.63) is 59.1 Å². The van der Waals surface area contributed by atoms with Gasteiger partial charge in [0.05, 0.1) is 18.0 Å². The fraction of sp³-hybridized carbons (Fsp3) is 0.250. The Bertz CT molecular complexity index is 1370. The number of nitrogens with zero attached hydrogens (tertiary/aromatic N) is 2. The van der Waals surface area contributed by atoms with E-state index < -0.39 is 12.6 Å². The summed E-state index contributed by atoms with van der Waals surface area (Å²) in [6.45, 7) is -0.410. The Hall–Kier alpha value is -4.14. The minimum absolute atomic E-state index is 0.102. The van der Waals surface area contributed by atoms with Crippen LogP contribution < -0.4 is 15.0 Å². The van der Waals surface area contributed by atoms with Crippen molar-refractivity contribution >= 4 is 17.1 Å². The van der Waals surface area contributed by atoms with Crippen molar-refractivity contribution in [2.24, 2.45) is 0 Å². The normalized spacial score (nSPS) is 13.9. The standard InChI is InChI=1S/C24H22N4O5/c29-20(30)12-32-17-7-3-4-14(10-17)15-8-9-18(19(11-15)33-16-5-1-2-6-16)22-27-23-21(24(31)28-22)25-13-26-23/h3-4,7-11,13,16H,1-2,5-6,12H2,(H,29,30)(H2,25,26,27,28,31). The van der Waals surface area contributed by atoms with E-state index in [9.17, 15) is 9.59 Å². The molecule has 9 nitrogen and oxygen atoms in total. The maximum atomic E-state index is 12.5. The van der Waals surface area contributed by atoms with Crippen LogP contribution in [-0.4, -0.2) is 43.7 Å². The lowest BCUT2D eigenvalue weighted by atomic mass is 10.0. The van der Waals surface area contributed by atoms with E-state index >= 15 is 0 Å². The van der Waals surface area contributed by atoms with Gasteiger partial charge < -0.3 is 24.5 Å². The predicted molar refractivity (Wildman–Crippen MR) is 121 cm³/mol. The third-order valence-electron chi connectivity index (χ3n) is 5.66. The van der Waals surface area contributed by atoms with Crippen molar-refractivity contribution in [2.75, 3.05) is 6.61 Å². The van der Waals surface area contributed by atoms with Crippen LogP contribution in [0, 0.1) is 0 Å². The highest BCUT2D eigenvalue weighted by molar-refractivity contribution is 5.77. The summed E-state index contributed by atoms with van der Waals surface area (Å²) in [5, 5.41) is 8.86. The molecule has 1 saturated carbocycles. The molecule has 0 atom stereocenters. The minimum atomic E-state index is -1.03. The quantitative estimate of drug-likeness (QED) is 0.394. The fourth-order valence-electron chi connectivity index (χ4n) is 4.06. The van der Waals surface area contributed by atoms with Crippen LogP contribution in [0.4, 0.5) is 0 Å². The van der Waals surface area contributed by atoms with Crippen molar-refractivity contribution < 1.29 is 19.4 Å². The molecule has 0 unspecified atom stereocenters. The second kappa shape index (κ2) is 8.78. The molecule has 0 spiro atoms. The van der Waals surface area contributed by atoms with Crippen LogP contribution in [0.5, 0.6) is 11.5 Å². The van der Waals surface area contributed by atoms with E-state index in [4.69, 9.17) is 14.6 Å². The average molecular weight is 446 g/mol. The number of imidazole rings is 1. The number of aliphatic carboxylic acids is 1. The van der Waals surface area contributed by atoms with Crippen LogP contribution in [-0.2, 0) is 4.79 Å². The van der Waals surface area contributed by atoms with Gasteiger partial charge in [-0.25, -0.2) is 14.8 Å². The van der Waals surface area contributed by atoms with E-state index in [1.54, 1.807) is 12.1 Å². The Morgan fingerprint density at radius 1 is 1.12 bits per heavy atom. The molecule has 4 aromatic rings. The number of hydrogen-bond acceptors (Lipinski definition) is 6. The molecule has 1 aliphatic rings. The number of carbonyl (C=O) groups is 1. The van der Waals surface area contributed by atoms with Crippen molar-refractivity contribution in [3.63, 3.8) is 0 Å². The minimum Gasteiger partial charge on any atom is -0.490 e. The first-order chi connectivity index (χ1) is 16.1. The van der Waals surface area contributed by atoms with E-state index in [2.05, 4.69) is 19.9 Å². The molecular formula is C24H22N4O5. The second-order valence-corrected chi connectivity index (χ2v) is 7.96. The highest BCUT2D eigenvalue weighted by Crippen LogP contribution is 2.36. The van der Waals surface area contributed by atoms with Gasteiger partial charge in [-0.1, -0.05) is 18.2 Å². The Balaban J connectivity index is 1.55. The summed E-state index contributed by atoms with van der Waals surface area (Å²) in [5.74, 6) is 0.437. The molecule has 1 aliphatic carbocycles. The third-order valence-corrected chi connectivity index (χ3v) is 5.66. The van der Waals surface area contributed by atoms with Gasteiger partial charge >= 0.3 is 5.97 Å². The number of carboxylic acids is 1. The summed E-state index contributed by atoms with van der Waals surface area (Å²) in [6.07, 6.45) is 5.74. The van der Waals surface area contributed by atoms with Crippen molar-refractivity contribution in [2.45, 2.75) is 31.8 Å². The molecule has 5 rings (SSSR count). The highest BCUT2D eigenvalue weighted by atomic mass is 16.5. The summed E-state index contributed by atoms with van der Waals surface area (Å²) in [5.41, 5.74) is 2.76. The number of carboxylic acid groups (broad SMARTS) is 1. The lowest BCUT2D eigenvalue weighted by molar-refractivity contribution is -0.139. The number of hydrogen-bond donors (Lipinski definition) is 3. The smallest absolute Gasteiger partial charge is 0.341 e. The van der Waals surface area contributed by atoms with Crippen LogP contribution >= 0.6 is 0 Å². The maximum Gasteiger partial charge on any atom is 0.341 e. The van der Waals surface area contributed by atoms with E-state index in [0.29, 0.717) is 34.1 Å². The maximum absolute atomic E-state index is 12.5. The van der Waals surface area contributed by atoms with Gasteiger partial charge in [-0.3, -0.25) is 4.79 Å². The van der Waals surface area contributed by atoms with Gasteiger partial charge in [-0.05, 0) is 61.1 Å². The SMILES string of the molecule is O=C(O)COc1cccc(-c2ccc(-c3nc4nc[nH]c4c(=O)[nH]3)c(OC3CCCC3)c2)c1. The molecular weight excluding hydrogens is 424 g/mol. The molecule has 0 bridgehead atoms. The Morgan fingerprint density at radius 2 is 1.94 bits per heavy atom. The number of nitrogens with one attached hydrogen (secondary N) is 2. The summed E-state index contributed by atoms with van der Waals surface area (Å²) in [7, 11) is 0. The van der Waals surface area contributed by atoms with Gasteiger partial charge in [-0.15, -0.1) is 0 Å². The van der Waals surface area contributed by atoms with E-state index in [-0.39, 0.29) is 11.7 Å². The molecule has 1 fully saturated rings. The second-order valence-electron chi connectivity index (χ2n) is 7.96. The number of benzene rings is 2. The van der Waals surface area contributed by atoms with E-state index in [1.165, 1.54) is 6.33 Å². The number of aromatic nitrogens is 4. The molecule has 0 amide bonds. The summed E-state index contributed by atoms with van der Waals surface area (Å²) in [6, 6.07) is 12.9. The van der Waals surface area contributed by atoms with Crippen LogP contribution in [0.25, 0.3) is 33.7 Å². The van der Waals surface area contributed by atoms with Gasteiger partial charge in [0.25, 0.3) is 5.56 Å². The average Bonchev–Trinajstić information content (AvgIpc) is 3.50. The van der Waals surface area contributed by atoms with Crippen LogP contribution in [0.2, 0.25) is 0 Å². The van der Waals surface area contributed by atoms with Crippen LogP contribution in [0.1, 0.15) is 25.7 Å². The number of rotatable bonds is 7. The van der Waals surface area contributed by atoms with Crippen molar-refractivity contribution in [3.8, 4) is 34.0 Å². The lowest BCUT2D eigenvalue weighted by Gasteiger charge is -2.18. The van der Waals surface area contributed by atoms with Crippen molar-refractivity contribution in [1.29, 1.82) is 0 Å². The summed E-state index contributed by atoms with van der Waals surface area (Å²) in [4.78, 5) is 37.5. The first kappa shape index (κ1) is 20.7. The number of fused-ring (bicyclic) bond motifs is 1.